The van der Waals surface area contributed by atoms with Gasteiger partial charge in [0.1, 0.15) is 0 Å². The van der Waals surface area contributed by atoms with Crippen LogP contribution in [-0.2, 0) is 6.42 Å². The molecule has 0 aromatic carbocycles. The number of nitrogens with zero attached hydrogens (tertiary/aromatic N) is 1. The molecule has 0 saturated carbocycles. The van der Waals surface area contributed by atoms with Crippen molar-refractivity contribution >= 4 is 11.8 Å². The third-order valence-corrected chi connectivity index (χ3v) is 4.51. The molecule has 1 heterocycles. The first-order valence-corrected chi connectivity index (χ1v) is 7.70. The molecule has 1 N–H and O–H groups in total. The van der Waals surface area contributed by atoms with Crippen LogP contribution in [0.4, 0.5) is 0 Å². The van der Waals surface area contributed by atoms with E-state index in [4.69, 9.17) is 0 Å². The van der Waals surface area contributed by atoms with Gasteiger partial charge in [0.2, 0.25) is 0 Å². The van der Waals surface area contributed by atoms with E-state index >= 15 is 0 Å². The van der Waals surface area contributed by atoms with Crippen molar-refractivity contribution in [3.63, 3.8) is 0 Å². The Morgan fingerprint density at radius 1 is 1.59 bits per heavy atom. The summed E-state index contributed by atoms with van der Waals surface area (Å²) >= 11 is 1.88. The SMILES string of the molecule is CSCC(C)n1ccc2c1CC(C)(C)CC2O. The highest BCUT2D eigenvalue weighted by atomic mass is 32.2. The number of hydrogen-bond acceptors (Lipinski definition) is 2. The lowest BCUT2D eigenvalue weighted by molar-refractivity contribution is 0.0977. The van der Waals surface area contributed by atoms with Gasteiger partial charge in [-0.1, -0.05) is 13.8 Å². The van der Waals surface area contributed by atoms with Gasteiger partial charge in [0.05, 0.1) is 6.10 Å². The smallest absolute Gasteiger partial charge is 0.0812 e. The molecule has 1 aliphatic carbocycles. The molecule has 0 aliphatic heterocycles. The van der Waals surface area contributed by atoms with Crippen molar-refractivity contribution in [1.29, 1.82) is 0 Å². The van der Waals surface area contributed by atoms with Gasteiger partial charge in [-0.05, 0) is 37.5 Å². The van der Waals surface area contributed by atoms with Gasteiger partial charge in [-0.2, -0.15) is 11.8 Å². The van der Waals surface area contributed by atoms with Gasteiger partial charge in [-0.15, -0.1) is 0 Å². The molecular weight excluding hydrogens is 230 g/mol. The minimum absolute atomic E-state index is 0.210. The molecule has 0 fully saturated rings. The summed E-state index contributed by atoms with van der Waals surface area (Å²) < 4.78 is 2.36. The van der Waals surface area contributed by atoms with E-state index in [1.165, 1.54) is 5.69 Å². The molecule has 17 heavy (non-hydrogen) atoms. The Labute approximate surface area is 108 Å². The normalized spacial score (nSPS) is 24.4. The van der Waals surface area contributed by atoms with E-state index in [1.807, 2.05) is 11.8 Å². The lowest BCUT2D eigenvalue weighted by Crippen LogP contribution is -2.27. The Bertz CT molecular complexity index is 397. The first-order chi connectivity index (χ1) is 7.94. The van der Waals surface area contributed by atoms with Crippen molar-refractivity contribution in [2.45, 2.75) is 45.8 Å². The molecule has 2 unspecified atom stereocenters. The lowest BCUT2D eigenvalue weighted by atomic mass is 9.75. The van der Waals surface area contributed by atoms with Crippen LogP contribution in [0.25, 0.3) is 0 Å². The summed E-state index contributed by atoms with van der Waals surface area (Å²) in [6.07, 6.45) is 5.96. The highest BCUT2D eigenvalue weighted by Gasteiger charge is 2.33. The third kappa shape index (κ3) is 2.55. The van der Waals surface area contributed by atoms with Crippen molar-refractivity contribution in [1.82, 2.24) is 4.57 Å². The Kier molecular flexibility index (Phi) is 3.60. The van der Waals surface area contributed by atoms with E-state index in [1.54, 1.807) is 0 Å². The standard InChI is InChI=1S/C14H23NOS/c1-10(9-17-4)15-6-5-11-12(15)7-14(2,3)8-13(11)16/h5-6,10,13,16H,7-9H2,1-4H3. The minimum atomic E-state index is -0.281. The summed E-state index contributed by atoms with van der Waals surface area (Å²) in [7, 11) is 0. The maximum Gasteiger partial charge on any atom is 0.0812 e. The fourth-order valence-electron chi connectivity index (χ4n) is 2.89. The highest BCUT2D eigenvalue weighted by molar-refractivity contribution is 7.98. The van der Waals surface area contributed by atoms with E-state index in [9.17, 15) is 5.11 Å². The van der Waals surface area contributed by atoms with Crippen molar-refractivity contribution in [3.05, 3.63) is 23.5 Å². The first-order valence-electron chi connectivity index (χ1n) is 6.31. The zero-order chi connectivity index (χ0) is 12.6. The summed E-state index contributed by atoms with van der Waals surface area (Å²) in [5.74, 6) is 1.12. The molecule has 3 heteroatoms. The molecule has 0 bridgehead atoms. The number of aliphatic hydroxyl groups is 1. The maximum atomic E-state index is 10.2. The predicted octanol–water partition coefficient (Wildman–Crippen LogP) is 3.42. The van der Waals surface area contributed by atoms with Gasteiger partial charge < -0.3 is 9.67 Å². The number of aromatic nitrogens is 1. The fourth-order valence-corrected chi connectivity index (χ4v) is 3.53. The first kappa shape index (κ1) is 13.0. The number of aliphatic hydroxyl groups excluding tert-OH is 1. The third-order valence-electron chi connectivity index (χ3n) is 3.69. The molecule has 0 spiro atoms. The summed E-state index contributed by atoms with van der Waals surface area (Å²) in [5.41, 5.74) is 2.70. The Balaban J connectivity index is 2.33. The highest BCUT2D eigenvalue weighted by Crippen LogP contribution is 2.41. The van der Waals surface area contributed by atoms with E-state index in [0.717, 1.165) is 24.2 Å². The second-order valence-corrected chi connectivity index (χ2v) is 6.90. The summed E-state index contributed by atoms with van der Waals surface area (Å²) in [6, 6.07) is 2.61. The topological polar surface area (TPSA) is 25.2 Å². The molecule has 1 aromatic rings. The largest absolute Gasteiger partial charge is 0.388 e. The molecule has 96 valence electrons. The van der Waals surface area contributed by atoms with Gasteiger partial charge in [0, 0.05) is 29.2 Å². The van der Waals surface area contributed by atoms with Crippen molar-refractivity contribution in [3.8, 4) is 0 Å². The summed E-state index contributed by atoms with van der Waals surface area (Å²) in [4.78, 5) is 0. The number of hydrogen-bond donors (Lipinski definition) is 1. The van der Waals surface area contributed by atoms with E-state index < -0.39 is 0 Å². The van der Waals surface area contributed by atoms with Crippen LogP contribution in [0.3, 0.4) is 0 Å². The molecule has 0 amide bonds. The molecule has 0 radical (unpaired) electrons. The monoisotopic (exact) mass is 253 g/mol. The van der Waals surface area contributed by atoms with Gasteiger partial charge in [-0.3, -0.25) is 0 Å². The van der Waals surface area contributed by atoms with Crippen molar-refractivity contribution < 1.29 is 5.11 Å². The quantitative estimate of drug-likeness (QED) is 0.893. The Morgan fingerprint density at radius 2 is 2.29 bits per heavy atom. The number of rotatable bonds is 3. The van der Waals surface area contributed by atoms with Crippen LogP contribution >= 0.6 is 11.8 Å². The van der Waals surface area contributed by atoms with Crippen LogP contribution < -0.4 is 0 Å². The molecular formula is C14H23NOS. The molecule has 1 aliphatic rings. The van der Waals surface area contributed by atoms with Crippen LogP contribution in [0, 0.1) is 5.41 Å². The van der Waals surface area contributed by atoms with Gasteiger partial charge in [0.25, 0.3) is 0 Å². The van der Waals surface area contributed by atoms with Crippen LogP contribution in [0.5, 0.6) is 0 Å². The Hall–Kier alpha value is -0.410. The summed E-state index contributed by atoms with van der Waals surface area (Å²) in [6.45, 7) is 6.75. The fraction of sp³-hybridized carbons (Fsp3) is 0.714. The number of fused-ring (bicyclic) bond motifs is 1. The van der Waals surface area contributed by atoms with Crippen LogP contribution in [0.15, 0.2) is 12.3 Å². The van der Waals surface area contributed by atoms with Gasteiger partial charge >= 0.3 is 0 Å². The van der Waals surface area contributed by atoms with Crippen molar-refractivity contribution in [2.24, 2.45) is 5.41 Å². The number of thioether (sulfide) groups is 1. The summed E-state index contributed by atoms with van der Waals surface area (Å²) in [5, 5.41) is 10.2. The molecule has 2 atom stereocenters. The minimum Gasteiger partial charge on any atom is -0.388 e. The molecule has 0 saturated heterocycles. The zero-order valence-electron chi connectivity index (χ0n) is 11.2. The molecule has 1 aromatic heterocycles. The molecule has 2 rings (SSSR count). The Morgan fingerprint density at radius 3 is 2.94 bits per heavy atom. The zero-order valence-corrected chi connectivity index (χ0v) is 12.0. The van der Waals surface area contributed by atoms with Gasteiger partial charge in [-0.25, -0.2) is 0 Å². The van der Waals surface area contributed by atoms with Crippen LogP contribution in [0.2, 0.25) is 0 Å². The maximum absolute atomic E-state index is 10.2. The van der Waals surface area contributed by atoms with Crippen LogP contribution in [0.1, 0.15) is 50.6 Å². The van der Waals surface area contributed by atoms with Crippen molar-refractivity contribution in [2.75, 3.05) is 12.0 Å². The molecule has 2 nitrogen and oxygen atoms in total. The predicted molar refractivity (Wildman–Crippen MR) is 74.6 cm³/mol. The lowest BCUT2D eigenvalue weighted by Gasteiger charge is -2.34. The van der Waals surface area contributed by atoms with Crippen LogP contribution in [-0.4, -0.2) is 21.7 Å². The second-order valence-electron chi connectivity index (χ2n) is 5.99. The van der Waals surface area contributed by atoms with Gasteiger partial charge in [0.15, 0.2) is 0 Å². The average Bonchev–Trinajstić information content (AvgIpc) is 2.59. The average molecular weight is 253 g/mol. The second kappa shape index (κ2) is 4.69. The van der Waals surface area contributed by atoms with E-state index in [0.29, 0.717) is 6.04 Å². The van der Waals surface area contributed by atoms with E-state index in [-0.39, 0.29) is 11.5 Å². The van der Waals surface area contributed by atoms with E-state index in [2.05, 4.69) is 43.9 Å².